The second-order valence-corrected chi connectivity index (χ2v) is 8.80. The molecule has 0 atom stereocenters. The minimum atomic E-state index is -0.502. The van der Waals surface area contributed by atoms with Crippen LogP contribution in [0.3, 0.4) is 0 Å². The van der Waals surface area contributed by atoms with Crippen LogP contribution < -0.4 is 15.8 Å². The van der Waals surface area contributed by atoms with Crippen molar-refractivity contribution in [1.82, 2.24) is 19.6 Å². The summed E-state index contributed by atoms with van der Waals surface area (Å²) >= 11 is 0. The van der Waals surface area contributed by atoms with Crippen LogP contribution in [-0.4, -0.2) is 37.4 Å². The van der Waals surface area contributed by atoms with Crippen molar-refractivity contribution in [2.75, 3.05) is 6.54 Å². The van der Waals surface area contributed by atoms with Crippen molar-refractivity contribution in [1.29, 1.82) is 0 Å². The molecule has 5 rings (SSSR count). The van der Waals surface area contributed by atoms with Gasteiger partial charge < -0.3 is 18.8 Å². The zero-order chi connectivity index (χ0) is 26.6. The SMILES string of the molecule is Cc1cccc(-n2cc(COc3ccc4c(C=NCCn5ccc(=O)c(O)c5C)cc(=O)oc4c3)nn2)c1. The first kappa shape index (κ1) is 24.7. The molecule has 0 saturated carbocycles. The number of aromatic nitrogens is 4. The van der Waals surface area contributed by atoms with E-state index in [1.807, 2.05) is 37.3 Å². The molecule has 38 heavy (non-hydrogen) atoms. The predicted octanol–water partition coefficient (Wildman–Crippen LogP) is 3.56. The van der Waals surface area contributed by atoms with Crippen LogP contribution >= 0.6 is 0 Å². The fourth-order valence-corrected chi connectivity index (χ4v) is 4.02. The third-order valence-electron chi connectivity index (χ3n) is 6.05. The molecule has 0 aliphatic rings. The Kier molecular flexibility index (Phi) is 6.86. The Bertz CT molecular complexity index is 1770. The number of rotatable bonds is 8. The molecule has 3 aromatic heterocycles. The molecule has 5 aromatic rings. The maximum atomic E-state index is 12.2. The molecule has 0 spiro atoms. The number of aromatic hydroxyl groups is 1. The first-order valence-corrected chi connectivity index (χ1v) is 12.0. The molecule has 3 heterocycles. The van der Waals surface area contributed by atoms with Crippen LogP contribution in [0, 0.1) is 13.8 Å². The van der Waals surface area contributed by atoms with E-state index < -0.39 is 11.1 Å². The molecule has 0 amide bonds. The van der Waals surface area contributed by atoms with E-state index >= 15 is 0 Å². The summed E-state index contributed by atoms with van der Waals surface area (Å²) in [5, 5.41) is 18.9. The molecular formula is C28H25N5O5. The molecule has 0 aliphatic carbocycles. The molecule has 0 unspecified atom stereocenters. The van der Waals surface area contributed by atoms with Crippen LogP contribution in [0.25, 0.3) is 16.7 Å². The molecule has 0 radical (unpaired) electrons. The summed E-state index contributed by atoms with van der Waals surface area (Å²) in [5.74, 6) is 0.255. The Morgan fingerprint density at radius 3 is 2.82 bits per heavy atom. The van der Waals surface area contributed by atoms with Crippen molar-refractivity contribution in [3.8, 4) is 17.2 Å². The van der Waals surface area contributed by atoms with Gasteiger partial charge in [-0.25, -0.2) is 9.48 Å². The van der Waals surface area contributed by atoms with Gasteiger partial charge in [-0.3, -0.25) is 9.79 Å². The summed E-state index contributed by atoms with van der Waals surface area (Å²) in [4.78, 5) is 28.1. The highest BCUT2D eigenvalue weighted by atomic mass is 16.5. The van der Waals surface area contributed by atoms with Crippen molar-refractivity contribution in [2.24, 2.45) is 4.99 Å². The number of ether oxygens (including phenoxy) is 1. The Morgan fingerprint density at radius 1 is 1.11 bits per heavy atom. The van der Waals surface area contributed by atoms with Crippen molar-refractivity contribution in [3.05, 3.63) is 110 Å². The number of fused-ring (bicyclic) bond motifs is 1. The fourth-order valence-electron chi connectivity index (χ4n) is 4.02. The van der Waals surface area contributed by atoms with Crippen LogP contribution in [0.5, 0.6) is 11.5 Å². The summed E-state index contributed by atoms with van der Waals surface area (Å²) < 4.78 is 14.7. The van der Waals surface area contributed by atoms with Gasteiger partial charge in [0.15, 0.2) is 5.75 Å². The Hall–Kier alpha value is -4.99. The lowest BCUT2D eigenvalue weighted by Gasteiger charge is -2.09. The van der Waals surface area contributed by atoms with Gasteiger partial charge in [0, 0.05) is 48.1 Å². The van der Waals surface area contributed by atoms with E-state index in [2.05, 4.69) is 15.3 Å². The number of hydrogen-bond acceptors (Lipinski definition) is 8. The van der Waals surface area contributed by atoms with E-state index in [1.54, 1.807) is 46.9 Å². The predicted molar refractivity (Wildman–Crippen MR) is 142 cm³/mol. The van der Waals surface area contributed by atoms with Gasteiger partial charge in [0.25, 0.3) is 0 Å². The number of nitrogens with zero attached hydrogens (tertiary/aromatic N) is 5. The Balaban J connectivity index is 1.27. The fraction of sp³-hybridized carbons (Fsp3) is 0.179. The molecule has 2 aromatic carbocycles. The van der Waals surface area contributed by atoms with E-state index in [1.165, 1.54) is 12.1 Å². The van der Waals surface area contributed by atoms with E-state index in [-0.39, 0.29) is 12.4 Å². The quantitative estimate of drug-likeness (QED) is 0.249. The smallest absolute Gasteiger partial charge is 0.336 e. The first-order chi connectivity index (χ1) is 18.4. The van der Waals surface area contributed by atoms with Gasteiger partial charge in [-0.05, 0) is 43.7 Å². The van der Waals surface area contributed by atoms with Crippen LogP contribution in [0.15, 0.2) is 86.0 Å². The number of pyridine rings is 1. The van der Waals surface area contributed by atoms with Gasteiger partial charge in [0.1, 0.15) is 23.6 Å². The summed E-state index contributed by atoms with van der Waals surface area (Å²) in [5.41, 5.74) is 3.24. The summed E-state index contributed by atoms with van der Waals surface area (Å²) in [6.45, 7) is 4.73. The molecule has 192 valence electrons. The maximum absolute atomic E-state index is 12.2. The van der Waals surface area contributed by atoms with Gasteiger partial charge >= 0.3 is 5.63 Å². The summed E-state index contributed by atoms with van der Waals surface area (Å²) in [7, 11) is 0. The first-order valence-electron chi connectivity index (χ1n) is 12.0. The van der Waals surface area contributed by atoms with Crippen molar-refractivity contribution in [3.63, 3.8) is 0 Å². The maximum Gasteiger partial charge on any atom is 0.336 e. The van der Waals surface area contributed by atoms with Gasteiger partial charge in [-0.15, -0.1) is 5.10 Å². The topological polar surface area (TPSA) is 125 Å². The van der Waals surface area contributed by atoms with Gasteiger partial charge in [-0.2, -0.15) is 0 Å². The molecule has 0 bridgehead atoms. The van der Waals surface area contributed by atoms with E-state index in [9.17, 15) is 14.7 Å². The monoisotopic (exact) mass is 511 g/mol. The normalized spacial score (nSPS) is 11.4. The highest BCUT2D eigenvalue weighted by molar-refractivity contribution is 5.97. The molecule has 1 N–H and O–H groups in total. The van der Waals surface area contributed by atoms with Crippen molar-refractivity contribution >= 4 is 17.2 Å². The van der Waals surface area contributed by atoms with E-state index in [0.717, 1.165) is 11.3 Å². The molecule has 10 nitrogen and oxygen atoms in total. The summed E-state index contributed by atoms with van der Waals surface area (Å²) in [6, 6.07) is 15.9. The molecule has 10 heteroatoms. The second-order valence-electron chi connectivity index (χ2n) is 8.80. The lowest BCUT2D eigenvalue weighted by Crippen LogP contribution is -2.11. The lowest BCUT2D eigenvalue weighted by molar-refractivity contribution is 0.301. The highest BCUT2D eigenvalue weighted by Crippen LogP contribution is 2.23. The van der Waals surface area contributed by atoms with Gasteiger partial charge in [0.2, 0.25) is 5.43 Å². The zero-order valence-electron chi connectivity index (χ0n) is 20.9. The number of aliphatic imine (C=N–C) groups is 1. The Morgan fingerprint density at radius 2 is 1.97 bits per heavy atom. The molecule has 0 aliphatic heterocycles. The highest BCUT2D eigenvalue weighted by Gasteiger charge is 2.09. The van der Waals surface area contributed by atoms with E-state index in [0.29, 0.717) is 46.8 Å². The van der Waals surface area contributed by atoms with Gasteiger partial charge in [0.05, 0.1) is 24.1 Å². The minimum Gasteiger partial charge on any atom is -0.503 e. The van der Waals surface area contributed by atoms with Crippen LogP contribution in [0.1, 0.15) is 22.5 Å². The molecule has 0 fully saturated rings. The third-order valence-corrected chi connectivity index (χ3v) is 6.05. The van der Waals surface area contributed by atoms with Crippen molar-refractivity contribution < 1.29 is 14.3 Å². The standard InChI is InChI=1S/C28H25N5O5/c1-18-4-3-5-22(12-18)33-16-21(30-31-33)17-37-23-6-7-24-20(13-27(35)38-26(24)14-23)15-29-9-11-32-10-8-25(34)28(36)19(32)2/h3-8,10,12-16,36H,9,11,17H2,1-2H3. The largest absolute Gasteiger partial charge is 0.503 e. The zero-order valence-corrected chi connectivity index (χ0v) is 20.9. The van der Waals surface area contributed by atoms with Crippen LogP contribution in [0.2, 0.25) is 0 Å². The average molecular weight is 512 g/mol. The number of hydrogen-bond donors (Lipinski definition) is 1. The molecule has 0 saturated heterocycles. The van der Waals surface area contributed by atoms with Gasteiger partial charge in [-0.1, -0.05) is 17.3 Å². The van der Waals surface area contributed by atoms with Crippen LogP contribution in [-0.2, 0) is 13.2 Å². The Labute approximate surface area is 217 Å². The van der Waals surface area contributed by atoms with Crippen molar-refractivity contribution in [2.45, 2.75) is 27.0 Å². The number of benzene rings is 2. The third kappa shape index (κ3) is 5.39. The average Bonchev–Trinajstić information content (AvgIpc) is 3.38. The molecular weight excluding hydrogens is 486 g/mol. The van der Waals surface area contributed by atoms with E-state index in [4.69, 9.17) is 9.15 Å². The van der Waals surface area contributed by atoms with Crippen LogP contribution in [0.4, 0.5) is 0 Å². The number of aryl methyl sites for hydroxylation is 1. The lowest BCUT2D eigenvalue weighted by atomic mass is 10.1. The second kappa shape index (κ2) is 10.6. The minimum absolute atomic E-state index is 0.197. The summed E-state index contributed by atoms with van der Waals surface area (Å²) in [6.07, 6.45) is 5.03.